The van der Waals surface area contributed by atoms with Crippen molar-refractivity contribution in [2.24, 2.45) is 0 Å². The van der Waals surface area contributed by atoms with Crippen LogP contribution >= 0.6 is 0 Å². The number of alkyl halides is 1. The summed E-state index contributed by atoms with van der Waals surface area (Å²) in [5.74, 6) is 1.19. The first-order valence-electron chi connectivity index (χ1n) is 6.25. The van der Waals surface area contributed by atoms with Crippen LogP contribution in [0.2, 0.25) is 0 Å². The average Bonchev–Trinajstić information content (AvgIpc) is 2.38. The van der Waals surface area contributed by atoms with E-state index in [0.717, 1.165) is 42.8 Å². The zero-order valence-corrected chi connectivity index (χ0v) is 10.5. The Bertz CT molecular complexity index is 372. The first-order chi connectivity index (χ1) is 8.24. The van der Waals surface area contributed by atoms with E-state index in [-0.39, 0.29) is 0 Å². The molecule has 1 aromatic carbocycles. The van der Waals surface area contributed by atoms with Crippen molar-refractivity contribution < 1.29 is 9.13 Å². The van der Waals surface area contributed by atoms with E-state index < -0.39 is 6.17 Å². The number of nitrogens with one attached hydrogen (secondary N) is 1. The third kappa shape index (κ3) is 2.60. The number of methoxy groups -OCH3 is 1. The molecule has 17 heavy (non-hydrogen) atoms. The van der Waals surface area contributed by atoms with Crippen molar-refractivity contribution in [1.29, 1.82) is 0 Å². The molecule has 0 amide bonds. The first kappa shape index (κ1) is 12.4. The van der Waals surface area contributed by atoms with Crippen LogP contribution in [-0.4, -0.2) is 20.2 Å². The van der Waals surface area contributed by atoms with Crippen LogP contribution in [0, 0.1) is 0 Å². The van der Waals surface area contributed by atoms with Crippen molar-refractivity contribution in [2.45, 2.75) is 31.9 Å². The Morgan fingerprint density at radius 2 is 2.29 bits per heavy atom. The molecule has 1 aliphatic rings. The van der Waals surface area contributed by atoms with Gasteiger partial charge in [0.1, 0.15) is 11.9 Å². The molecule has 1 N–H and O–H groups in total. The van der Waals surface area contributed by atoms with Crippen LogP contribution in [0.3, 0.4) is 0 Å². The minimum Gasteiger partial charge on any atom is -0.496 e. The Kier molecular flexibility index (Phi) is 4.00. The highest BCUT2D eigenvalue weighted by atomic mass is 19.1. The number of piperidine rings is 1. The summed E-state index contributed by atoms with van der Waals surface area (Å²) in [6.45, 7) is 3.57. The van der Waals surface area contributed by atoms with Gasteiger partial charge in [0.25, 0.3) is 0 Å². The van der Waals surface area contributed by atoms with E-state index in [4.69, 9.17) is 4.74 Å². The molecule has 94 valence electrons. The molecule has 0 aromatic heterocycles. The smallest absolute Gasteiger partial charge is 0.123 e. The number of benzene rings is 1. The highest BCUT2D eigenvalue weighted by Gasteiger charge is 2.23. The van der Waals surface area contributed by atoms with Crippen molar-refractivity contribution in [2.75, 3.05) is 20.2 Å². The molecule has 0 aliphatic carbocycles. The summed E-state index contributed by atoms with van der Waals surface area (Å²) in [4.78, 5) is 0. The second kappa shape index (κ2) is 5.50. The van der Waals surface area contributed by atoms with Gasteiger partial charge in [-0.25, -0.2) is 4.39 Å². The van der Waals surface area contributed by atoms with Crippen molar-refractivity contribution in [3.63, 3.8) is 0 Å². The van der Waals surface area contributed by atoms with Gasteiger partial charge in [-0.1, -0.05) is 12.1 Å². The quantitative estimate of drug-likeness (QED) is 0.871. The van der Waals surface area contributed by atoms with E-state index in [1.807, 2.05) is 18.2 Å². The highest BCUT2D eigenvalue weighted by Crippen LogP contribution is 2.37. The summed E-state index contributed by atoms with van der Waals surface area (Å²) < 4.78 is 19.1. The van der Waals surface area contributed by atoms with Crippen LogP contribution in [0.5, 0.6) is 5.75 Å². The fraction of sp³-hybridized carbons (Fsp3) is 0.571. The molecule has 0 spiro atoms. The molecule has 0 bridgehead atoms. The number of rotatable bonds is 3. The van der Waals surface area contributed by atoms with Gasteiger partial charge < -0.3 is 10.1 Å². The summed E-state index contributed by atoms with van der Waals surface area (Å²) in [5.41, 5.74) is 1.83. The van der Waals surface area contributed by atoms with Gasteiger partial charge in [-0.3, -0.25) is 0 Å². The van der Waals surface area contributed by atoms with E-state index in [2.05, 4.69) is 5.32 Å². The van der Waals surface area contributed by atoms with Crippen LogP contribution in [0.4, 0.5) is 4.39 Å². The zero-order valence-electron chi connectivity index (χ0n) is 10.5. The molecular weight excluding hydrogens is 217 g/mol. The summed E-state index contributed by atoms with van der Waals surface area (Å²) in [5, 5.41) is 3.37. The maximum atomic E-state index is 13.7. The van der Waals surface area contributed by atoms with E-state index in [9.17, 15) is 4.39 Å². The number of hydrogen-bond donors (Lipinski definition) is 1. The van der Waals surface area contributed by atoms with E-state index in [1.54, 1.807) is 14.0 Å². The standard InChI is InChI=1S/C14H20FNO/c1-10(15)12-6-3-7-13(17-2)14(12)11-5-4-8-16-9-11/h3,6-7,10-11,16H,4-5,8-9H2,1-2H3. The van der Waals surface area contributed by atoms with Gasteiger partial charge in [-0.15, -0.1) is 0 Å². The van der Waals surface area contributed by atoms with Gasteiger partial charge in [-0.2, -0.15) is 0 Å². The number of hydrogen-bond acceptors (Lipinski definition) is 2. The first-order valence-corrected chi connectivity index (χ1v) is 6.25. The van der Waals surface area contributed by atoms with Gasteiger partial charge in [0, 0.05) is 18.0 Å². The predicted octanol–water partition coefficient (Wildman–Crippen LogP) is 3.19. The minimum atomic E-state index is -0.943. The summed E-state index contributed by atoms with van der Waals surface area (Å²) in [7, 11) is 1.65. The lowest BCUT2D eigenvalue weighted by Crippen LogP contribution is -2.29. The van der Waals surface area contributed by atoms with Crippen LogP contribution in [0.1, 0.15) is 43.0 Å². The molecule has 3 heteroatoms. The normalized spacial score (nSPS) is 22.2. The van der Waals surface area contributed by atoms with Crippen LogP contribution in [0.25, 0.3) is 0 Å². The van der Waals surface area contributed by atoms with Crippen LogP contribution in [-0.2, 0) is 0 Å². The summed E-state index contributed by atoms with van der Waals surface area (Å²) >= 11 is 0. The molecule has 2 nitrogen and oxygen atoms in total. The Labute approximate surface area is 102 Å². The predicted molar refractivity (Wildman–Crippen MR) is 67.4 cm³/mol. The van der Waals surface area contributed by atoms with Crippen LogP contribution < -0.4 is 10.1 Å². The molecule has 1 fully saturated rings. The SMILES string of the molecule is COc1cccc(C(C)F)c1C1CCCNC1. The van der Waals surface area contributed by atoms with Crippen molar-refractivity contribution >= 4 is 0 Å². The lowest BCUT2D eigenvalue weighted by molar-refractivity contribution is 0.354. The van der Waals surface area contributed by atoms with Gasteiger partial charge in [0.05, 0.1) is 7.11 Å². The topological polar surface area (TPSA) is 21.3 Å². The lowest BCUT2D eigenvalue weighted by atomic mass is 9.86. The van der Waals surface area contributed by atoms with Gasteiger partial charge in [-0.05, 0) is 37.9 Å². The third-order valence-corrected chi connectivity index (χ3v) is 3.45. The Morgan fingerprint density at radius 1 is 1.47 bits per heavy atom. The maximum Gasteiger partial charge on any atom is 0.123 e. The zero-order chi connectivity index (χ0) is 12.3. The molecular formula is C14H20FNO. The number of halogens is 1. The number of ether oxygens (including phenoxy) is 1. The van der Waals surface area contributed by atoms with Crippen molar-refractivity contribution in [3.05, 3.63) is 29.3 Å². The molecule has 0 radical (unpaired) electrons. The Morgan fingerprint density at radius 3 is 2.88 bits per heavy atom. The largest absolute Gasteiger partial charge is 0.496 e. The molecule has 2 unspecified atom stereocenters. The maximum absolute atomic E-state index is 13.7. The van der Waals surface area contributed by atoms with Gasteiger partial charge in [0.15, 0.2) is 0 Å². The Balaban J connectivity index is 2.40. The molecule has 1 heterocycles. The third-order valence-electron chi connectivity index (χ3n) is 3.45. The molecule has 1 aromatic rings. The van der Waals surface area contributed by atoms with Crippen molar-refractivity contribution in [1.82, 2.24) is 5.32 Å². The van der Waals surface area contributed by atoms with Crippen molar-refractivity contribution in [3.8, 4) is 5.75 Å². The van der Waals surface area contributed by atoms with E-state index in [1.165, 1.54) is 0 Å². The molecule has 0 saturated carbocycles. The van der Waals surface area contributed by atoms with Gasteiger partial charge in [0.2, 0.25) is 0 Å². The fourth-order valence-electron chi connectivity index (χ4n) is 2.62. The van der Waals surface area contributed by atoms with E-state index in [0.29, 0.717) is 5.92 Å². The molecule has 2 rings (SSSR count). The minimum absolute atomic E-state index is 0.369. The second-order valence-corrected chi connectivity index (χ2v) is 4.62. The highest BCUT2D eigenvalue weighted by molar-refractivity contribution is 5.44. The summed E-state index contributed by atoms with van der Waals surface area (Å²) in [6, 6.07) is 5.66. The average molecular weight is 237 g/mol. The molecule has 1 saturated heterocycles. The van der Waals surface area contributed by atoms with Gasteiger partial charge >= 0.3 is 0 Å². The molecule has 1 aliphatic heterocycles. The Hall–Kier alpha value is -1.09. The van der Waals surface area contributed by atoms with E-state index >= 15 is 0 Å². The summed E-state index contributed by atoms with van der Waals surface area (Å²) in [6.07, 6.45) is 1.30. The fourth-order valence-corrected chi connectivity index (χ4v) is 2.62. The van der Waals surface area contributed by atoms with Crippen LogP contribution in [0.15, 0.2) is 18.2 Å². The molecule has 2 atom stereocenters. The second-order valence-electron chi connectivity index (χ2n) is 4.62. The monoisotopic (exact) mass is 237 g/mol. The lowest BCUT2D eigenvalue weighted by Gasteiger charge is -2.27.